The molecule has 0 aromatic carbocycles. The van der Waals surface area contributed by atoms with E-state index in [0.29, 0.717) is 6.54 Å². The van der Waals surface area contributed by atoms with Gasteiger partial charge in [0.1, 0.15) is 0 Å². The third-order valence-electron chi connectivity index (χ3n) is 3.18. The number of carboxylic acids is 1. The van der Waals surface area contributed by atoms with Crippen molar-refractivity contribution in [3.8, 4) is 0 Å². The summed E-state index contributed by atoms with van der Waals surface area (Å²) in [4.78, 5) is 28.3. The van der Waals surface area contributed by atoms with E-state index < -0.39 is 11.9 Å². The molecule has 1 saturated heterocycles. The van der Waals surface area contributed by atoms with E-state index in [2.05, 4.69) is 4.98 Å². The molecule has 1 N–H and O–H groups in total. The van der Waals surface area contributed by atoms with E-state index in [9.17, 15) is 9.59 Å². The first-order valence-electron chi connectivity index (χ1n) is 5.51. The van der Waals surface area contributed by atoms with Crippen molar-refractivity contribution in [3.05, 3.63) is 30.1 Å². The van der Waals surface area contributed by atoms with Gasteiger partial charge in [-0.25, -0.2) is 0 Å². The highest BCUT2D eigenvalue weighted by Gasteiger charge is 2.40. The predicted molar refractivity (Wildman–Crippen MR) is 60.0 cm³/mol. The highest BCUT2D eigenvalue weighted by atomic mass is 16.4. The molecule has 17 heavy (non-hydrogen) atoms. The maximum absolute atomic E-state index is 11.7. The SMILES string of the molecule is C[C@@H]1[C@@H](C(=O)O)CC(=O)N1Cc1cccnc1. The number of likely N-dealkylation sites (tertiary alicyclic amines) is 1. The first kappa shape index (κ1) is 11.6. The van der Waals surface area contributed by atoms with Crippen molar-refractivity contribution in [2.75, 3.05) is 0 Å². The Morgan fingerprint density at radius 3 is 2.94 bits per heavy atom. The topological polar surface area (TPSA) is 70.5 Å². The Labute approximate surface area is 99.1 Å². The highest BCUT2D eigenvalue weighted by Crippen LogP contribution is 2.27. The van der Waals surface area contributed by atoms with Gasteiger partial charge in [0.2, 0.25) is 5.91 Å². The molecule has 1 aliphatic heterocycles. The van der Waals surface area contributed by atoms with Crippen LogP contribution < -0.4 is 0 Å². The van der Waals surface area contributed by atoms with Crippen LogP contribution in [0.5, 0.6) is 0 Å². The van der Waals surface area contributed by atoms with Gasteiger partial charge < -0.3 is 10.0 Å². The zero-order chi connectivity index (χ0) is 12.4. The van der Waals surface area contributed by atoms with Crippen LogP contribution >= 0.6 is 0 Å². The molecule has 0 radical (unpaired) electrons. The van der Waals surface area contributed by atoms with Crippen LogP contribution in [0.2, 0.25) is 0 Å². The summed E-state index contributed by atoms with van der Waals surface area (Å²) in [5, 5.41) is 8.99. The summed E-state index contributed by atoms with van der Waals surface area (Å²) in [6, 6.07) is 3.41. The van der Waals surface area contributed by atoms with Crippen molar-refractivity contribution in [3.63, 3.8) is 0 Å². The molecule has 5 nitrogen and oxygen atoms in total. The minimum atomic E-state index is -0.903. The summed E-state index contributed by atoms with van der Waals surface area (Å²) in [5.41, 5.74) is 0.915. The maximum atomic E-state index is 11.7. The molecule has 5 heteroatoms. The van der Waals surface area contributed by atoms with Gasteiger partial charge in [-0.3, -0.25) is 14.6 Å². The van der Waals surface area contributed by atoms with E-state index in [0.717, 1.165) is 5.56 Å². The molecule has 0 aliphatic carbocycles. The lowest BCUT2D eigenvalue weighted by Crippen LogP contribution is -2.34. The standard InChI is InChI=1S/C12H14N2O3/c1-8-10(12(16)17)5-11(15)14(8)7-9-3-2-4-13-6-9/h2-4,6,8,10H,5,7H2,1H3,(H,16,17)/t8-,10+/m1/s1. The van der Waals surface area contributed by atoms with Gasteiger partial charge in [0.25, 0.3) is 0 Å². The van der Waals surface area contributed by atoms with Gasteiger partial charge in [0.15, 0.2) is 0 Å². The molecular formula is C12H14N2O3. The van der Waals surface area contributed by atoms with Crippen molar-refractivity contribution in [1.82, 2.24) is 9.88 Å². The molecular weight excluding hydrogens is 220 g/mol. The van der Waals surface area contributed by atoms with Crippen molar-refractivity contribution in [2.45, 2.75) is 25.9 Å². The number of hydrogen-bond acceptors (Lipinski definition) is 3. The van der Waals surface area contributed by atoms with Crippen LogP contribution in [0.4, 0.5) is 0 Å². The van der Waals surface area contributed by atoms with E-state index in [1.807, 2.05) is 6.07 Å². The lowest BCUT2D eigenvalue weighted by Gasteiger charge is -2.23. The average molecular weight is 234 g/mol. The summed E-state index contributed by atoms with van der Waals surface area (Å²) in [7, 11) is 0. The molecule has 2 heterocycles. The van der Waals surface area contributed by atoms with Gasteiger partial charge in [-0.05, 0) is 18.6 Å². The number of amides is 1. The number of carboxylic acid groups (broad SMARTS) is 1. The van der Waals surface area contributed by atoms with Gasteiger partial charge in [0.05, 0.1) is 5.92 Å². The Hall–Kier alpha value is -1.91. The number of aliphatic carboxylic acids is 1. The van der Waals surface area contributed by atoms with E-state index in [1.54, 1.807) is 30.3 Å². The molecule has 1 aromatic rings. The Morgan fingerprint density at radius 2 is 2.41 bits per heavy atom. The average Bonchev–Trinajstić information content (AvgIpc) is 2.58. The smallest absolute Gasteiger partial charge is 0.309 e. The van der Waals surface area contributed by atoms with Crippen LogP contribution in [0.25, 0.3) is 0 Å². The van der Waals surface area contributed by atoms with E-state index in [-0.39, 0.29) is 18.4 Å². The fraction of sp³-hybridized carbons (Fsp3) is 0.417. The minimum Gasteiger partial charge on any atom is -0.481 e. The molecule has 1 amide bonds. The predicted octanol–water partition coefficient (Wildman–Crippen LogP) is 0.903. The van der Waals surface area contributed by atoms with Crippen molar-refractivity contribution in [2.24, 2.45) is 5.92 Å². The van der Waals surface area contributed by atoms with Crippen LogP contribution in [0.15, 0.2) is 24.5 Å². The Kier molecular flexibility index (Phi) is 3.08. The van der Waals surface area contributed by atoms with Crippen LogP contribution in [0.1, 0.15) is 18.9 Å². The quantitative estimate of drug-likeness (QED) is 0.843. The van der Waals surface area contributed by atoms with Gasteiger partial charge >= 0.3 is 5.97 Å². The second-order valence-electron chi connectivity index (χ2n) is 4.27. The van der Waals surface area contributed by atoms with Crippen molar-refractivity contribution < 1.29 is 14.7 Å². The molecule has 1 aromatic heterocycles. The van der Waals surface area contributed by atoms with Gasteiger partial charge in [-0.1, -0.05) is 6.07 Å². The summed E-state index contributed by atoms with van der Waals surface area (Å²) in [6.07, 6.45) is 3.45. The third-order valence-corrected chi connectivity index (χ3v) is 3.18. The molecule has 2 rings (SSSR count). The molecule has 2 atom stereocenters. The second-order valence-corrected chi connectivity index (χ2v) is 4.27. The molecule has 1 aliphatic rings. The molecule has 90 valence electrons. The van der Waals surface area contributed by atoms with Crippen molar-refractivity contribution >= 4 is 11.9 Å². The van der Waals surface area contributed by atoms with Gasteiger partial charge in [-0.15, -0.1) is 0 Å². The fourth-order valence-electron chi connectivity index (χ4n) is 2.13. The van der Waals surface area contributed by atoms with Crippen LogP contribution in [0, 0.1) is 5.92 Å². The lowest BCUT2D eigenvalue weighted by atomic mass is 10.0. The van der Waals surface area contributed by atoms with Gasteiger partial charge in [0, 0.05) is 31.4 Å². The zero-order valence-corrected chi connectivity index (χ0v) is 9.54. The van der Waals surface area contributed by atoms with E-state index in [1.165, 1.54) is 0 Å². The zero-order valence-electron chi connectivity index (χ0n) is 9.54. The second kappa shape index (κ2) is 4.53. The summed E-state index contributed by atoms with van der Waals surface area (Å²) in [6.45, 7) is 2.21. The van der Waals surface area contributed by atoms with E-state index in [4.69, 9.17) is 5.11 Å². The minimum absolute atomic E-state index is 0.0940. The number of hydrogen-bond donors (Lipinski definition) is 1. The Balaban J connectivity index is 2.12. The molecule has 0 unspecified atom stereocenters. The highest BCUT2D eigenvalue weighted by molar-refractivity contribution is 5.86. The van der Waals surface area contributed by atoms with Crippen molar-refractivity contribution in [1.29, 1.82) is 0 Å². The molecule has 0 bridgehead atoms. The Morgan fingerprint density at radius 1 is 1.65 bits per heavy atom. The number of nitrogens with zero attached hydrogens (tertiary/aromatic N) is 2. The number of pyridine rings is 1. The number of carbonyl (C=O) groups excluding carboxylic acids is 1. The fourth-order valence-corrected chi connectivity index (χ4v) is 2.13. The number of carbonyl (C=O) groups is 2. The molecule has 0 saturated carbocycles. The van der Waals surface area contributed by atoms with E-state index >= 15 is 0 Å². The summed E-state index contributed by atoms with van der Waals surface area (Å²) in [5.74, 6) is -1.60. The monoisotopic (exact) mass is 234 g/mol. The summed E-state index contributed by atoms with van der Waals surface area (Å²) < 4.78 is 0. The molecule has 0 spiro atoms. The third kappa shape index (κ3) is 2.27. The van der Waals surface area contributed by atoms with Gasteiger partial charge in [-0.2, -0.15) is 0 Å². The number of rotatable bonds is 3. The maximum Gasteiger partial charge on any atom is 0.309 e. The summed E-state index contributed by atoms with van der Waals surface area (Å²) >= 11 is 0. The lowest BCUT2D eigenvalue weighted by molar-refractivity contribution is -0.142. The normalized spacial score (nSPS) is 24.1. The first-order chi connectivity index (χ1) is 8.09. The van der Waals surface area contributed by atoms with Crippen LogP contribution in [-0.4, -0.2) is 32.9 Å². The number of aromatic nitrogens is 1. The Bertz CT molecular complexity index is 433. The molecule has 1 fully saturated rings. The van der Waals surface area contributed by atoms with Crippen LogP contribution in [-0.2, 0) is 16.1 Å². The first-order valence-corrected chi connectivity index (χ1v) is 5.51. The van der Waals surface area contributed by atoms with Crippen LogP contribution in [0.3, 0.4) is 0 Å². The largest absolute Gasteiger partial charge is 0.481 e.